The van der Waals surface area contributed by atoms with Crippen LogP contribution in [0.5, 0.6) is 11.5 Å². The molecule has 1 aliphatic rings. The molecule has 1 heterocycles. The van der Waals surface area contributed by atoms with Crippen molar-refractivity contribution in [1.29, 1.82) is 0 Å². The van der Waals surface area contributed by atoms with Gasteiger partial charge in [-0.3, -0.25) is 14.5 Å². The summed E-state index contributed by atoms with van der Waals surface area (Å²) in [6.07, 6.45) is 0.736. The van der Waals surface area contributed by atoms with Crippen LogP contribution in [0.25, 0.3) is 0 Å². The van der Waals surface area contributed by atoms with E-state index >= 15 is 0 Å². The van der Waals surface area contributed by atoms with Crippen LogP contribution in [0.15, 0.2) is 48.5 Å². The van der Waals surface area contributed by atoms with E-state index in [1.807, 2.05) is 24.0 Å². The number of para-hydroxylation sites is 1. The number of amides is 1. The van der Waals surface area contributed by atoms with Crippen molar-refractivity contribution in [3.63, 3.8) is 0 Å². The fourth-order valence-electron chi connectivity index (χ4n) is 3.21. The van der Waals surface area contributed by atoms with Gasteiger partial charge >= 0.3 is 0 Å². The first-order valence-corrected chi connectivity index (χ1v) is 9.58. The van der Waals surface area contributed by atoms with Crippen molar-refractivity contribution in [1.82, 2.24) is 9.80 Å². The average molecular weight is 382 g/mol. The highest BCUT2D eigenvalue weighted by molar-refractivity contribution is 5.80. The Morgan fingerprint density at radius 2 is 1.71 bits per heavy atom. The molecule has 3 rings (SSSR count). The summed E-state index contributed by atoms with van der Waals surface area (Å²) in [5.41, 5.74) is 1.69. The molecule has 2 aromatic carbocycles. The zero-order valence-electron chi connectivity index (χ0n) is 16.2. The van der Waals surface area contributed by atoms with Crippen molar-refractivity contribution < 1.29 is 19.1 Å². The summed E-state index contributed by atoms with van der Waals surface area (Å²) in [6.45, 7) is 6.44. The average Bonchev–Trinajstić information content (AvgIpc) is 2.74. The second kappa shape index (κ2) is 9.90. The summed E-state index contributed by atoms with van der Waals surface area (Å²) in [6, 6.07) is 15.1. The van der Waals surface area contributed by atoms with E-state index in [4.69, 9.17) is 9.47 Å². The first-order chi connectivity index (χ1) is 13.7. The number of ether oxygens (including phenoxy) is 2. The molecule has 1 amide bonds. The Labute approximate surface area is 165 Å². The van der Waals surface area contributed by atoms with Crippen molar-refractivity contribution in [2.24, 2.45) is 0 Å². The van der Waals surface area contributed by atoms with Crippen molar-refractivity contribution in [2.75, 3.05) is 39.4 Å². The molecule has 0 N–H and O–H groups in total. The van der Waals surface area contributed by atoms with Gasteiger partial charge < -0.3 is 14.4 Å². The highest BCUT2D eigenvalue weighted by Gasteiger charge is 2.21. The van der Waals surface area contributed by atoms with Gasteiger partial charge in [-0.1, -0.05) is 24.3 Å². The molecule has 0 bridgehead atoms. The van der Waals surface area contributed by atoms with E-state index in [9.17, 15) is 9.59 Å². The van der Waals surface area contributed by atoms with E-state index in [1.54, 1.807) is 24.3 Å². The van der Waals surface area contributed by atoms with Crippen LogP contribution in [0.2, 0.25) is 0 Å². The smallest absolute Gasteiger partial charge is 0.260 e. The summed E-state index contributed by atoms with van der Waals surface area (Å²) in [4.78, 5) is 27.6. The van der Waals surface area contributed by atoms with Crippen LogP contribution in [0.3, 0.4) is 0 Å². The molecular formula is C22H26N2O4. The second-order valence-corrected chi connectivity index (χ2v) is 6.68. The normalized spacial score (nSPS) is 14.5. The Balaban J connectivity index is 1.44. The van der Waals surface area contributed by atoms with Gasteiger partial charge in [0.2, 0.25) is 0 Å². The molecule has 0 aromatic heterocycles. The topological polar surface area (TPSA) is 59.1 Å². The number of carbonyl (C=O) groups excluding carboxylic acids is 2. The number of carbonyl (C=O) groups is 2. The Bertz CT molecular complexity index is 783. The fraction of sp³-hybridized carbons (Fsp3) is 0.364. The van der Waals surface area contributed by atoms with Gasteiger partial charge in [0.15, 0.2) is 12.9 Å². The van der Waals surface area contributed by atoms with Gasteiger partial charge in [-0.2, -0.15) is 0 Å². The van der Waals surface area contributed by atoms with Gasteiger partial charge in [0.1, 0.15) is 11.5 Å². The SMILES string of the molecule is CCOc1ccc(CN2CCN(C(=O)COc3ccccc3C=O)CC2)cc1. The predicted molar refractivity (Wildman–Crippen MR) is 107 cm³/mol. The fourth-order valence-corrected chi connectivity index (χ4v) is 3.21. The lowest BCUT2D eigenvalue weighted by molar-refractivity contribution is -0.135. The molecule has 0 spiro atoms. The minimum absolute atomic E-state index is 0.0518. The first-order valence-electron chi connectivity index (χ1n) is 9.58. The highest BCUT2D eigenvalue weighted by atomic mass is 16.5. The number of nitrogens with zero attached hydrogens (tertiary/aromatic N) is 2. The summed E-state index contributed by atoms with van der Waals surface area (Å²) >= 11 is 0. The molecule has 0 unspecified atom stereocenters. The molecule has 0 aliphatic carbocycles. The van der Waals surface area contributed by atoms with Crippen LogP contribution < -0.4 is 9.47 Å². The van der Waals surface area contributed by atoms with Crippen LogP contribution in [0, 0.1) is 0 Å². The van der Waals surface area contributed by atoms with Gasteiger partial charge in [-0.25, -0.2) is 0 Å². The predicted octanol–water partition coefficient (Wildman–Crippen LogP) is 2.62. The van der Waals surface area contributed by atoms with Crippen molar-refractivity contribution >= 4 is 12.2 Å². The number of rotatable bonds is 8. The maximum Gasteiger partial charge on any atom is 0.260 e. The minimum Gasteiger partial charge on any atom is -0.494 e. The lowest BCUT2D eigenvalue weighted by Crippen LogP contribution is -2.49. The molecule has 6 heteroatoms. The van der Waals surface area contributed by atoms with Crippen molar-refractivity contribution in [3.8, 4) is 11.5 Å². The van der Waals surface area contributed by atoms with Gasteiger partial charge in [0.05, 0.1) is 12.2 Å². The Hall–Kier alpha value is -2.86. The van der Waals surface area contributed by atoms with Crippen molar-refractivity contribution in [2.45, 2.75) is 13.5 Å². The summed E-state index contributed by atoms with van der Waals surface area (Å²) in [7, 11) is 0. The summed E-state index contributed by atoms with van der Waals surface area (Å²) in [5.74, 6) is 1.28. The number of benzene rings is 2. The third-order valence-corrected chi connectivity index (χ3v) is 4.76. The van der Waals surface area contributed by atoms with Gasteiger partial charge in [0, 0.05) is 32.7 Å². The van der Waals surface area contributed by atoms with Gasteiger partial charge in [-0.05, 0) is 36.8 Å². The molecule has 0 radical (unpaired) electrons. The quantitative estimate of drug-likeness (QED) is 0.657. The van der Waals surface area contributed by atoms with Crippen LogP contribution >= 0.6 is 0 Å². The summed E-state index contributed by atoms with van der Waals surface area (Å²) in [5, 5.41) is 0. The number of hydrogen-bond acceptors (Lipinski definition) is 5. The van der Waals surface area contributed by atoms with E-state index < -0.39 is 0 Å². The second-order valence-electron chi connectivity index (χ2n) is 6.68. The Morgan fingerprint density at radius 1 is 1.00 bits per heavy atom. The monoisotopic (exact) mass is 382 g/mol. The zero-order chi connectivity index (χ0) is 19.8. The lowest BCUT2D eigenvalue weighted by atomic mass is 10.2. The number of aldehydes is 1. The van der Waals surface area contributed by atoms with E-state index in [-0.39, 0.29) is 12.5 Å². The van der Waals surface area contributed by atoms with E-state index in [0.29, 0.717) is 31.0 Å². The molecule has 1 fully saturated rings. The highest BCUT2D eigenvalue weighted by Crippen LogP contribution is 2.17. The van der Waals surface area contributed by atoms with E-state index in [0.717, 1.165) is 31.7 Å². The van der Waals surface area contributed by atoms with Crippen LogP contribution in [-0.2, 0) is 11.3 Å². The maximum atomic E-state index is 12.4. The number of hydrogen-bond donors (Lipinski definition) is 0. The first kappa shape index (κ1) is 19.9. The van der Waals surface area contributed by atoms with Gasteiger partial charge in [0.25, 0.3) is 5.91 Å². The number of piperazine rings is 1. The Morgan fingerprint density at radius 3 is 2.39 bits per heavy atom. The molecule has 1 aliphatic heterocycles. The zero-order valence-corrected chi connectivity index (χ0v) is 16.2. The molecule has 2 aromatic rings. The maximum absolute atomic E-state index is 12.4. The summed E-state index contributed by atoms with van der Waals surface area (Å²) < 4.78 is 11.0. The lowest BCUT2D eigenvalue weighted by Gasteiger charge is -2.34. The third-order valence-electron chi connectivity index (χ3n) is 4.76. The third kappa shape index (κ3) is 5.33. The van der Waals surface area contributed by atoms with Crippen LogP contribution in [0.4, 0.5) is 0 Å². The van der Waals surface area contributed by atoms with E-state index in [1.165, 1.54) is 5.56 Å². The van der Waals surface area contributed by atoms with Crippen molar-refractivity contribution in [3.05, 3.63) is 59.7 Å². The van der Waals surface area contributed by atoms with Gasteiger partial charge in [-0.15, -0.1) is 0 Å². The van der Waals surface area contributed by atoms with Crippen LogP contribution in [0.1, 0.15) is 22.8 Å². The molecule has 148 valence electrons. The molecule has 0 atom stereocenters. The standard InChI is InChI=1S/C22H26N2O4/c1-2-27-20-9-7-18(8-10-20)15-23-11-13-24(14-12-23)22(26)17-28-21-6-4-3-5-19(21)16-25/h3-10,16H,2,11-15,17H2,1H3. The molecular weight excluding hydrogens is 356 g/mol. The minimum atomic E-state index is -0.0542. The molecule has 28 heavy (non-hydrogen) atoms. The molecule has 0 saturated carbocycles. The Kier molecular flexibility index (Phi) is 7.03. The largest absolute Gasteiger partial charge is 0.494 e. The van der Waals surface area contributed by atoms with E-state index in [2.05, 4.69) is 17.0 Å². The molecule has 1 saturated heterocycles. The van der Waals surface area contributed by atoms with Crippen LogP contribution in [-0.4, -0.2) is 61.4 Å². The molecule has 6 nitrogen and oxygen atoms in total.